The van der Waals surface area contributed by atoms with Crippen molar-refractivity contribution in [2.75, 3.05) is 6.61 Å². The van der Waals surface area contributed by atoms with Crippen molar-refractivity contribution in [2.24, 2.45) is 0 Å². The number of rotatable bonds is 1. The van der Waals surface area contributed by atoms with Gasteiger partial charge in [-0.1, -0.05) is 0 Å². The first-order chi connectivity index (χ1) is 5.36. The third-order valence-corrected chi connectivity index (χ3v) is 1.65. The number of furan rings is 1. The van der Waals surface area contributed by atoms with Crippen molar-refractivity contribution in [1.82, 2.24) is 0 Å². The summed E-state index contributed by atoms with van der Waals surface area (Å²) in [7, 11) is 0. The van der Waals surface area contributed by atoms with Crippen LogP contribution in [-0.2, 0) is 9.47 Å². The van der Waals surface area contributed by atoms with Crippen LogP contribution in [0.3, 0.4) is 0 Å². The van der Waals surface area contributed by atoms with Crippen LogP contribution in [0.2, 0.25) is 0 Å². The van der Waals surface area contributed by atoms with Gasteiger partial charge in [0.05, 0.1) is 25.2 Å². The first-order valence-corrected chi connectivity index (χ1v) is 3.65. The summed E-state index contributed by atoms with van der Waals surface area (Å²) in [5, 5.41) is 0. The first kappa shape index (κ1) is 6.88. The lowest BCUT2D eigenvalue weighted by atomic mass is 10.3. The second-order valence-corrected chi connectivity index (χ2v) is 2.67. The van der Waals surface area contributed by atoms with Crippen LogP contribution in [0, 0.1) is 0 Å². The van der Waals surface area contributed by atoms with E-state index in [2.05, 4.69) is 0 Å². The van der Waals surface area contributed by atoms with Gasteiger partial charge in [-0.15, -0.1) is 0 Å². The van der Waals surface area contributed by atoms with Gasteiger partial charge in [0.1, 0.15) is 0 Å². The number of hydrogen-bond acceptors (Lipinski definition) is 3. The number of hydrogen-bond donors (Lipinski definition) is 0. The van der Waals surface area contributed by atoms with Crippen molar-refractivity contribution in [3.8, 4) is 0 Å². The summed E-state index contributed by atoms with van der Waals surface area (Å²) in [6.45, 7) is 2.65. The van der Waals surface area contributed by atoms with E-state index in [1.807, 2.05) is 13.0 Å². The van der Waals surface area contributed by atoms with Gasteiger partial charge in [0.2, 0.25) is 0 Å². The third-order valence-electron chi connectivity index (χ3n) is 1.65. The smallest absolute Gasteiger partial charge is 0.187 e. The van der Waals surface area contributed by atoms with E-state index >= 15 is 0 Å². The molecule has 1 fully saturated rings. The Labute approximate surface area is 64.9 Å². The molecule has 1 saturated heterocycles. The standard InChI is InChI=1S/C8H10O3/c1-6-4-10-8(11-6)7-2-3-9-5-7/h2-3,5-6,8H,4H2,1H3. The minimum Gasteiger partial charge on any atom is -0.472 e. The molecular weight excluding hydrogens is 144 g/mol. The quantitative estimate of drug-likeness (QED) is 0.617. The lowest BCUT2D eigenvalue weighted by molar-refractivity contribution is -0.0575. The van der Waals surface area contributed by atoms with E-state index in [9.17, 15) is 0 Å². The van der Waals surface area contributed by atoms with E-state index in [-0.39, 0.29) is 12.4 Å². The number of ether oxygens (including phenoxy) is 2. The van der Waals surface area contributed by atoms with Crippen molar-refractivity contribution in [3.05, 3.63) is 24.2 Å². The normalized spacial score (nSPS) is 31.0. The highest BCUT2D eigenvalue weighted by Gasteiger charge is 2.24. The molecule has 2 rings (SSSR count). The molecule has 0 aliphatic carbocycles. The molecule has 0 saturated carbocycles. The van der Waals surface area contributed by atoms with E-state index in [0.717, 1.165) is 5.56 Å². The van der Waals surface area contributed by atoms with Crippen LogP contribution >= 0.6 is 0 Å². The van der Waals surface area contributed by atoms with Gasteiger partial charge < -0.3 is 13.9 Å². The highest BCUT2D eigenvalue weighted by molar-refractivity contribution is 5.07. The van der Waals surface area contributed by atoms with Crippen LogP contribution in [0.25, 0.3) is 0 Å². The molecule has 2 heterocycles. The molecule has 2 unspecified atom stereocenters. The molecule has 0 aromatic carbocycles. The van der Waals surface area contributed by atoms with Gasteiger partial charge in [0.25, 0.3) is 0 Å². The molecule has 3 heteroatoms. The second kappa shape index (κ2) is 2.68. The Hall–Kier alpha value is -0.800. The molecule has 3 nitrogen and oxygen atoms in total. The second-order valence-electron chi connectivity index (χ2n) is 2.67. The van der Waals surface area contributed by atoms with Crippen molar-refractivity contribution >= 4 is 0 Å². The fourth-order valence-electron chi connectivity index (χ4n) is 1.10. The molecule has 1 aliphatic heterocycles. The first-order valence-electron chi connectivity index (χ1n) is 3.65. The van der Waals surface area contributed by atoms with Gasteiger partial charge in [-0.25, -0.2) is 0 Å². The molecule has 1 aromatic heterocycles. The molecule has 0 N–H and O–H groups in total. The van der Waals surface area contributed by atoms with Gasteiger partial charge in [-0.3, -0.25) is 0 Å². The van der Waals surface area contributed by atoms with Crippen LogP contribution in [0.5, 0.6) is 0 Å². The monoisotopic (exact) mass is 154 g/mol. The van der Waals surface area contributed by atoms with Crippen LogP contribution in [0.1, 0.15) is 18.8 Å². The maximum Gasteiger partial charge on any atom is 0.187 e. The van der Waals surface area contributed by atoms with Crippen molar-refractivity contribution in [1.29, 1.82) is 0 Å². The van der Waals surface area contributed by atoms with E-state index in [1.54, 1.807) is 12.5 Å². The summed E-state index contributed by atoms with van der Waals surface area (Å²) in [6.07, 6.45) is 3.23. The van der Waals surface area contributed by atoms with Crippen LogP contribution in [0.15, 0.2) is 23.0 Å². The maximum absolute atomic E-state index is 5.42. The zero-order valence-corrected chi connectivity index (χ0v) is 6.32. The Morgan fingerprint density at radius 3 is 3.00 bits per heavy atom. The highest BCUT2D eigenvalue weighted by Crippen LogP contribution is 2.26. The predicted molar refractivity (Wildman–Crippen MR) is 37.9 cm³/mol. The summed E-state index contributed by atoms with van der Waals surface area (Å²) in [5.74, 6) is 0. The fraction of sp³-hybridized carbons (Fsp3) is 0.500. The van der Waals surface area contributed by atoms with Crippen LogP contribution < -0.4 is 0 Å². The van der Waals surface area contributed by atoms with Gasteiger partial charge in [-0.05, 0) is 13.0 Å². The van der Waals surface area contributed by atoms with Crippen molar-refractivity contribution in [2.45, 2.75) is 19.3 Å². The van der Waals surface area contributed by atoms with Crippen LogP contribution in [0.4, 0.5) is 0 Å². The summed E-state index contributed by atoms with van der Waals surface area (Å²) >= 11 is 0. The summed E-state index contributed by atoms with van der Waals surface area (Å²) in [6, 6.07) is 1.85. The van der Waals surface area contributed by atoms with Gasteiger partial charge in [0, 0.05) is 5.56 Å². The van der Waals surface area contributed by atoms with E-state index in [4.69, 9.17) is 13.9 Å². The Bertz CT molecular complexity index is 217. The fourth-order valence-corrected chi connectivity index (χ4v) is 1.10. The summed E-state index contributed by atoms with van der Waals surface area (Å²) in [4.78, 5) is 0. The molecule has 11 heavy (non-hydrogen) atoms. The molecule has 0 amide bonds. The summed E-state index contributed by atoms with van der Waals surface area (Å²) < 4.78 is 15.7. The lowest BCUT2D eigenvalue weighted by Gasteiger charge is -2.05. The molecule has 2 atom stereocenters. The van der Waals surface area contributed by atoms with E-state index in [0.29, 0.717) is 6.61 Å². The molecule has 0 spiro atoms. The topological polar surface area (TPSA) is 31.6 Å². The Morgan fingerprint density at radius 2 is 2.45 bits per heavy atom. The molecule has 0 radical (unpaired) electrons. The minimum atomic E-state index is -0.219. The van der Waals surface area contributed by atoms with Gasteiger partial charge in [0.15, 0.2) is 6.29 Å². The molecule has 1 aliphatic rings. The Kier molecular flexibility index (Phi) is 1.68. The SMILES string of the molecule is CC1COC(c2ccoc2)O1. The molecular formula is C8H10O3. The molecule has 0 bridgehead atoms. The van der Waals surface area contributed by atoms with Gasteiger partial charge in [-0.2, -0.15) is 0 Å². The lowest BCUT2D eigenvalue weighted by Crippen LogP contribution is -2.01. The third kappa shape index (κ3) is 1.29. The largest absolute Gasteiger partial charge is 0.472 e. The maximum atomic E-state index is 5.42. The zero-order chi connectivity index (χ0) is 7.68. The van der Waals surface area contributed by atoms with Crippen LogP contribution in [-0.4, -0.2) is 12.7 Å². The predicted octanol–water partition coefficient (Wildman–Crippen LogP) is 1.71. The average molecular weight is 154 g/mol. The Morgan fingerprint density at radius 1 is 1.55 bits per heavy atom. The van der Waals surface area contributed by atoms with E-state index < -0.39 is 0 Å². The van der Waals surface area contributed by atoms with Crippen molar-refractivity contribution in [3.63, 3.8) is 0 Å². The minimum absolute atomic E-state index is 0.190. The zero-order valence-electron chi connectivity index (χ0n) is 6.32. The van der Waals surface area contributed by atoms with Crippen molar-refractivity contribution < 1.29 is 13.9 Å². The average Bonchev–Trinajstić information content (AvgIpc) is 2.55. The van der Waals surface area contributed by atoms with E-state index in [1.165, 1.54) is 0 Å². The molecule has 60 valence electrons. The highest BCUT2D eigenvalue weighted by atomic mass is 16.7. The molecule has 1 aromatic rings. The Balaban J connectivity index is 2.08. The van der Waals surface area contributed by atoms with Gasteiger partial charge >= 0.3 is 0 Å². The summed E-state index contributed by atoms with van der Waals surface area (Å²) in [5.41, 5.74) is 0.953.